The van der Waals surface area contributed by atoms with Crippen LogP contribution < -0.4 is 9.47 Å². The van der Waals surface area contributed by atoms with Crippen LogP contribution in [0.1, 0.15) is 61.8 Å². The number of esters is 2. The second-order valence-electron chi connectivity index (χ2n) is 8.83. The van der Waals surface area contributed by atoms with Gasteiger partial charge in [-0.15, -0.1) is 0 Å². The molecule has 2 aromatic carbocycles. The van der Waals surface area contributed by atoms with Gasteiger partial charge in [-0.05, 0) is 87.1 Å². The Morgan fingerprint density at radius 1 is 0.730 bits per heavy atom. The zero-order chi connectivity index (χ0) is 27.5. The molecule has 7 heteroatoms. The van der Waals surface area contributed by atoms with Gasteiger partial charge < -0.3 is 18.9 Å². The van der Waals surface area contributed by atoms with Gasteiger partial charge in [-0.3, -0.25) is 0 Å². The predicted molar refractivity (Wildman–Crippen MR) is 147 cm³/mol. The van der Waals surface area contributed by atoms with Crippen LogP contribution >= 0.6 is 11.8 Å². The molecule has 0 fully saturated rings. The minimum atomic E-state index is -0.661. The van der Waals surface area contributed by atoms with E-state index < -0.39 is 24.5 Å². The van der Waals surface area contributed by atoms with Gasteiger partial charge in [0.15, 0.2) is 0 Å². The standard InChI is InChI=1S/C30H38O6S/c1-9-13-27(33-25(31)11-3)35-29-19(5)15-23(16-20(29)6)37-24-17-21(7)30(22(8)18-24)36-28(14-10-2)34-26(32)12-4/h11-12,15-18,27-28H,3-4,9-10,13-14H2,1-2,5-8H3. The van der Waals surface area contributed by atoms with Crippen molar-refractivity contribution >= 4 is 23.7 Å². The van der Waals surface area contributed by atoms with Gasteiger partial charge >= 0.3 is 11.9 Å². The molecule has 2 rings (SSSR count). The monoisotopic (exact) mass is 526 g/mol. The van der Waals surface area contributed by atoms with E-state index in [0.717, 1.165) is 57.0 Å². The summed E-state index contributed by atoms with van der Waals surface area (Å²) in [5, 5.41) is 0. The largest absolute Gasteiger partial charge is 0.454 e. The molecule has 0 heterocycles. The third kappa shape index (κ3) is 9.01. The Morgan fingerprint density at radius 2 is 1.05 bits per heavy atom. The highest BCUT2D eigenvalue weighted by Gasteiger charge is 2.19. The molecule has 0 aromatic heterocycles. The van der Waals surface area contributed by atoms with Crippen LogP contribution in [-0.4, -0.2) is 24.5 Å². The van der Waals surface area contributed by atoms with Gasteiger partial charge in [0, 0.05) is 34.8 Å². The highest BCUT2D eigenvalue weighted by molar-refractivity contribution is 7.99. The molecule has 2 atom stereocenters. The summed E-state index contributed by atoms with van der Waals surface area (Å²) in [4.78, 5) is 25.5. The quantitative estimate of drug-likeness (QED) is 0.143. The van der Waals surface area contributed by atoms with Crippen LogP contribution in [0.3, 0.4) is 0 Å². The Kier molecular flexibility index (Phi) is 11.8. The smallest absolute Gasteiger partial charge is 0.333 e. The fourth-order valence-electron chi connectivity index (χ4n) is 3.82. The van der Waals surface area contributed by atoms with Gasteiger partial charge in [0.05, 0.1) is 0 Å². The fourth-order valence-corrected chi connectivity index (χ4v) is 5.04. The molecule has 2 aromatic rings. The molecule has 0 saturated heterocycles. The first-order valence-corrected chi connectivity index (χ1v) is 13.3. The van der Waals surface area contributed by atoms with E-state index in [4.69, 9.17) is 18.9 Å². The number of hydrogen-bond donors (Lipinski definition) is 0. The van der Waals surface area contributed by atoms with Crippen molar-refractivity contribution in [1.82, 2.24) is 0 Å². The number of carbonyl (C=O) groups excluding carboxylic acids is 2. The Balaban J connectivity index is 2.22. The van der Waals surface area contributed by atoms with Crippen molar-refractivity contribution in [3.63, 3.8) is 0 Å². The van der Waals surface area contributed by atoms with Crippen molar-refractivity contribution in [3.05, 3.63) is 71.8 Å². The van der Waals surface area contributed by atoms with Crippen LogP contribution in [-0.2, 0) is 19.1 Å². The molecule has 0 amide bonds. The molecule has 0 bridgehead atoms. The van der Waals surface area contributed by atoms with Crippen LogP contribution in [0.4, 0.5) is 0 Å². The van der Waals surface area contributed by atoms with Crippen molar-refractivity contribution in [3.8, 4) is 11.5 Å². The molecule has 2 unspecified atom stereocenters. The lowest BCUT2D eigenvalue weighted by molar-refractivity contribution is -0.159. The molecule has 0 saturated carbocycles. The molecule has 0 aliphatic heterocycles. The molecule has 6 nitrogen and oxygen atoms in total. The summed E-state index contributed by atoms with van der Waals surface area (Å²) in [7, 11) is 0. The topological polar surface area (TPSA) is 71.1 Å². The van der Waals surface area contributed by atoms with Crippen LogP contribution in [0.2, 0.25) is 0 Å². The molecule has 0 radical (unpaired) electrons. The highest BCUT2D eigenvalue weighted by Crippen LogP contribution is 2.37. The zero-order valence-electron chi connectivity index (χ0n) is 22.7. The van der Waals surface area contributed by atoms with Gasteiger partial charge in [0.2, 0.25) is 12.6 Å². The second-order valence-corrected chi connectivity index (χ2v) is 9.98. The summed E-state index contributed by atoms with van der Waals surface area (Å²) < 4.78 is 22.9. The average molecular weight is 527 g/mol. The molecule has 0 spiro atoms. The summed E-state index contributed by atoms with van der Waals surface area (Å²) in [5.41, 5.74) is 3.83. The number of aryl methyl sites for hydroxylation is 4. The van der Waals surface area contributed by atoms with Crippen molar-refractivity contribution in [2.24, 2.45) is 0 Å². The van der Waals surface area contributed by atoms with Gasteiger partial charge in [-0.25, -0.2) is 9.59 Å². The molecule has 0 aliphatic rings. The maximum absolute atomic E-state index is 11.7. The normalized spacial score (nSPS) is 12.3. The van der Waals surface area contributed by atoms with Gasteiger partial charge in [-0.2, -0.15) is 0 Å². The summed E-state index contributed by atoms with van der Waals surface area (Å²) >= 11 is 1.64. The van der Waals surface area contributed by atoms with E-state index >= 15 is 0 Å². The Morgan fingerprint density at radius 3 is 1.32 bits per heavy atom. The summed E-state index contributed by atoms with van der Waals surface area (Å²) in [5.74, 6) is 0.427. The summed E-state index contributed by atoms with van der Waals surface area (Å²) in [6.07, 6.45) is 3.78. The van der Waals surface area contributed by atoms with Crippen molar-refractivity contribution < 1.29 is 28.5 Å². The fraction of sp³-hybridized carbons (Fsp3) is 0.400. The van der Waals surface area contributed by atoms with E-state index in [1.54, 1.807) is 11.8 Å². The minimum absolute atomic E-state index is 0.501. The maximum atomic E-state index is 11.7. The van der Waals surface area contributed by atoms with Crippen LogP contribution in [0, 0.1) is 27.7 Å². The van der Waals surface area contributed by atoms with Crippen molar-refractivity contribution in [1.29, 1.82) is 0 Å². The zero-order valence-corrected chi connectivity index (χ0v) is 23.5. The van der Waals surface area contributed by atoms with Crippen LogP contribution in [0.25, 0.3) is 0 Å². The van der Waals surface area contributed by atoms with Crippen molar-refractivity contribution in [2.75, 3.05) is 0 Å². The van der Waals surface area contributed by atoms with E-state index in [-0.39, 0.29) is 0 Å². The van der Waals surface area contributed by atoms with E-state index in [2.05, 4.69) is 37.4 Å². The van der Waals surface area contributed by atoms with Gasteiger partial charge in [0.1, 0.15) is 11.5 Å². The van der Waals surface area contributed by atoms with E-state index in [0.29, 0.717) is 24.3 Å². The van der Waals surface area contributed by atoms with Crippen LogP contribution in [0.5, 0.6) is 11.5 Å². The molecule has 200 valence electrons. The molecule has 0 N–H and O–H groups in total. The second kappa shape index (κ2) is 14.5. The lowest BCUT2D eigenvalue weighted by Crippen LogP contribution is -2.24. The van der Waals surface area contributed by atoms with Crippen molar-refractivity contribution in [2.45, 2.75) is 89.6 Å². The number of ether oxygens (including phenoxy) is 4. The Labute approximate surface area is 225 Å². The first kappa shape index (κ1) is 30.0. The van der Waals surface area contributed by atoms with Crippen LogP contribution in [0.15, 0.2) is 59.4 Å². The highest BCUT2D eigenvalue weighted by atomic mass is 32.2. The van der Waals surface area contributed by atoms with Gasteiger partial charge in [0.25, 0.3) is 0 Å². The number of benzene rings is 2. The SMILES string of the molecule is C=CC(=O)OC(CCC)Oc1c(C)cc(Sc2cc(C)c(OC(CCC)OC(=O)C=C)c(C)c2)cc1C. The van der Waals surface area contributed by atoms with Gasteiger partial charge in [-0.1, -0.05) is 38.8 Å². The average Bonchev–Trinajstić information content (AvgIpc) is 2.83. The first-order valence-electron chi connectivity index (χ1n) is 12.5. The third-order valence-electron chi connectivity index (χ3n) is 5.48. The molecule has 37 heavy (non-hydrogen) atoms. The Hall–Kier alpha value is -3.19. The molecule has 0 aliphatic carbocycles. The number of rotatable bonds is 14. The van der Waals surface area contributed by atoms with E-state index in [9.17, 15) is 9.59 Å². The minimum Gasteiger partial charge on any atom is -0.454 e. The Bertz CT molecular complexity index is 990. The third-order valence-corrected chi connectivity index (χ3v) is 6.42. The van der Waals surface area contributed by atoms with E-state index in [1.807, 2.05) is 41.5 Å². The summed E-state index contributed by atoms with van der Waals surface area (Å²) in [6.45, 7) is 18.9. The predicted octanol–water partition coefficient (Wildman–Crippen LogP) is 7.54. The number of hydrogen-bond acceptors (Lipinski definition) is 7. The maximum Gasteiger partial charge on any atom is 0.333 e. The van der Waals surface area contributed by atoms with E-state index in [1.165, 1.54) is 0 Å². The summed E-state index contributed by atoms with van der Waals surface area (Å²) in [6, 6.07) is 8.25. The molecular formula is C30H38O6S. The lowest BCUT2D eigenvalue weighted by Gasteiger charge is -2.22. The first-order chi connectivity index (χ1) is 17.6. The number of carbonyl (C=O) groups is 2. The lowest BCUT2D eigenvalue weighted by atomic mass is 10.1. The molecular weight excluding hydrogens is 488 g/mol.